The van der Waals surface area contributed by atoms with Gasteiger partial charge in [0.1, 0.15) is 12.3 Å². The van der Waals surface area contributed by atoms with Gasteiger partial charge in [-0.1, -0.05) is 54.6 Å². The van der Waals surface area contributed by atoms with Crippen LogP contribution in [-0.4, -0.2) is 33.0 Å². The molecule has 0 N–H and O–H groups in total. The normalized spacial score (nSPS) is 15.4. The van der Waals surface area contributed by atoms with Crippen LogP contribution in [0.3, 0.4) is 0 Å². The minimum absolute atomic E-state index is 0.0155. The minimum atomic E-state index is -0.535. The summed E-state index contributed by atoms with van der Waals surface area (Å²) in [6, 6.07) is 16.7. The van der Waals surface area contributed by atoms with Crippen molar-refractivity contribution in [2.75, 3.05) is 6.61 Å². The van der Waals surface area contributed by atoms with E-state index in [1.165, 1.54) is 6.20 Å². The smallest absolute Gasteiger partial charge is 0.414 e. The maximum atomic E-state index is 12.4. The number of nitrogens with zero attached hydrogens (tertiary/aromatic N) is 3. The summed E-state index contributed by atoms with van der Waals surface area (Å²) in [6.45, 7) is 1.33. The van der Waals surface area contributed by atoms with Crippen molar-refractivity contribution in [2.24, 2.45) is 0 Å². The van der Waals surface area contributed by atoms with Crippen LogP contribution in [0.5, 0.6) is 6.01 Å². The number of aromatic nitrogens is 2. The van der Waals surface area contributed by atoms with Crippen LogP contribution in [0.4, 0.5) is 5.82 Å². The summed E-state index contributed by atoms with van der Waals surface area (Å²) in [4.78, 5) is 26.6. The van der Waals surface area contributed by atoms with E-state index in [1.54, 1.807) is 28.8 Å². The summed E-state index contributed by atoms with van der Waals surface area (Å²) in [5.41, 5.74) is 2.23. The van der Waals surface area contributed by atoms with E-state index < -0.39 is 4.92 Å². The number of hydrogen-bond acceptors (Lipinski definition) is 6. The Morgan fingerprint density at radius 2 is 1.90 bits per heavy atom. The molecule has 0 bridgehead atoms. The van der Waals surface area contributed by atoms with Gasteiger partial charge < -0.3 is 19.6 Å². The molecule has 0 radical (unpaired) electrons. The molecule has 0 unspecified atom stereocenters. The first-order valence-corrected chi connectivity index (χ1v) is 9.25. The van der Waals surface area contributed by atoms with E-state index in [0.29, 0.717) is 37.3 Å². The predicted octanol–water partition coefficient (Wildman–Crippen LogP) is 3.39. The topological polar surface area (TPSA) is 96.5 Å². The molecule has 148 valence electrons. The molecule has 0 spiro atoms. The van der Waals surface area contributed by atoms with Crippen molar-refractivity contribution >= 4 is 11.6 Å². The number of fused-ring (bicyclic) bond motifs is 1. The second-order valence-corrected chi connectivity index (χ2v) is 6.77. The quantitative estimate of drug-likeness (QED) is 0.347. The summed E-state index contributed by atoms with van der Waals surface area (Å²) in [6.07, 6.45) is 1.86. The number of nitro groups is 1. The van der Waals surface area contributed by atoms with E-state index in [-0.39, 0.29) is 23.7 Å². The molecule has 29 heavy (non-hydrogen) atoms. The van der Waals surface area contributed by atoms with Crippen LogP contribution in [-0.2, 0) is 17.9 Å². The Bertz CT molecular complexity index is 1010. The van der Waals surface area contributed by atoms with Crippen molar-refractivity contribution in [1.82, 2.24) is 9.55 Å². The van der Waals surface area contributed by atoms with Gasteiger partial charge in [0.05, 0.1) is 13.2 Å². The van der Waals surface area contributed by atoms with Gasteiger partial charge in [0.15, 0.2) is 5.78 Å². The number of ether oxygens (including phenoxy) is 2. The maximum absolute atomic E-state index is 12.4. The van der Waals surface area contributed by atoms with Gasteiger partial charge in [-0.05, 0) is 10.5 Å². The molecule has 1 aliphatic rings. The lowest BCUT2D eigenvalue weighted by atomic mass is 10.0. The fourth-order valence-electron chi connectivity index (χ4n) is 3.15. The van der Waals surface area contributed by atoms with Crippen LogP contribution in [0.1, 0.15) is 27.9 Å². The van der Waals surface area contributed by atoms with E-state index in [2.05, 4.69) is 4.98 Å². The van der Waals surface area contributed by atoms with Gasteiger partial charge in [-0.3, -0.25) is 9.36 Å². The number of benzene rings is 2. The molecule has 4 rings (SSSR count). The molecular weight excluding hydrogens is 374 g/mol. The highest BCUT2D eigenvalue weighted by atomic mass is 16.6. The van der Waals surface area contributed by atoms with E-state index in [1.807, 2.05) is 30.3 Å². The Morgan fingerprint density at radius 3 is 2.62 bits per heavy atom. The lowest BCUT2D eigenvalue weighted by molar-refractivity contribution is -0.389. The summed E-state index contributed by atoms with van der Waals surface area (Å²) < 4.78 is 13.0. The third-order valence-corrected chi connectivity index (χ3v) is 4.70. The van der Waals surface area contributed by atoms with Crippen molar-refractivity contribution in [3.8, 4) is 6.01 Å². The van der Waals surface area contributed by atoms with E-state index in [0.717, 1.165) is 5.56 Å². The zero-order valence-corrected chi connectivity index (χ0v) is 15.6. The van der Waals surface area contributed by atoms with Gasteiger partial charge >= 0.3 is 11.8 Å². The largest absolute Gasteiger partial charge is 0.440 e. The number of imidazole rings is 1. The highest BCUT2D eigenvalue weighted by Crippen LogP contribution is 2.24. The van der Waals surface area contributed by atoms with Crippen LogP contribution in [0.25, 0.3) is 0 Å². The number of carbonyl (C=O) groups excluding carboxylic acids is 1. The average Bonchev–Trinajstić information content (AvgIpc) is 3.18. The molecule has 2 heterocycles. The van der Waals surface area contributed by atoms with Crippen molar-refractivity contribution < 1.29 is 19.2 Å². The van der Waals surface area contributed by atoms with Gasteiger partial charge in [0, 0.05) is 29.1 Å². The third kappa shape index (κ3) is 4.33. The van der Waals surface area contributed by atoms with Gasteiger partial charge in [-0.15, -0.1) is 0 Å². The SMILES string of the molecule is O=C(c1ccccc1)c1ccc(COC[C@H]2CCn3cc([N+](=O)[O-])nc3O2)cc1. The Labute approximate surface area is 166 Å². The molecule has 0 amide bonds. The van der Waals surface area contributed by atoms with Gasteiger partial charge in [-0.25, -0.2) is 0 Å². The van der Waals surface area contributed by atoms with Crippen LogP contribution in [0.2, 0.25) is 0 Å². The fraction of sp³-hybridized carbons (Fsp3) is 0.238. The lowest BCUT2D eigenvalue weighted by Crippen LogP contribution is -2.30. The lowest BCUT2D eigenvalue weighted by Gasteiger charge is -2.21. The van der Waals surface area contributed by atoms with Crippen LogP contribution in [0, 0.1) is 10.1 Å². The summed E-state index contributed by atoms with van der Waals surface area (Å²) in [7, 11) is 0. The zero-order chi connectivity index (χ0) is 20.2. The zero-order valence-electron chi connectivity index (χ0n) is 15.6. The third-order valence-electron chi connectivity index (χ3n) is 4.70. The molecule has 0 saturated carbocycles. The average molecular weight is 393 g/mol. The molecule has 8 nitrogen and oxygen atoms in total. The van der Waals surface area contributed by atoms with Crippen molar-refractivity contribution in [3.05, 3.63) is 87.6 Å². The number of ketones is 1. The summed E-state index contributed by atoms with van der Waals surface area (Å²) in [5, 5.41) is 10.8. The monoisotopic (exact) mass is 393 g/mol. The van der Waals surface area contributed by atoms with Crippen molar-refractivity contribution in [1.29, 1.82) is 0 Å². The molecule has 0 saturated heterocycles. The van der Waals surface area contributed by atoms with Crippen LogP contribution < -0.4 is 4.74 Å². The molecule has 8 heteroatoms. The standard InChI is InChI=1S/C21H19N3O5/c25-20(16-4-2-1-3-5-16)17-8-6-15(7-9-17)13-28-14-18-10-11-23-12-19(24(26)27)22-21(23)29-18/h1-9,12,18H,10-11,13-14H2/t18-/m1/s1. The molecule has 3 aromatic rings. The molecule has 2 aromatic carbocycles. The number of hydrogen-bond donors (Lipinski definition) is 0. The van der Waals surface area contributed by atoms with Gasteiger partial charge in [-0.2, -0.15) is 0 Å². The fourth-order valence-corrected chi connectivity index (χ4v) is 3.15. The van der Waals surface area contributed by atoms with E-state index in [4.69, 9.17) is 9.47 Å². The summed E-state index contributed by atoms with van der Waals surface area (Å²) in [5.74, 6) is -0.232. The first kappa shape index (κ1) is 18.8. The van der Waals surface area contributed by atoms with Crippen molar-refractivity contribution in [2.45, 2.75) is 25.7 Å². The molecular formula is C21H19N3O5. The van der Waals surface area contributed by atoms with E-state index in [9.17, 15) is 14.9 Å². The highest BCUT2D eigenvalue weighted by molar-refractivity contribution is 6.08. The maximum Gasteiger partial charge on any atom is 0.414 e. The number of carbonyl (C=O) groups is 1. The first-order chi connectivity index (χ1) is 14.1. The Hall–Kier alpha value is -3.52. The van der Waals surface area contributed by atoms with Gasteiger partial charge in [0.2, 0.25) is 0 Å². The second kappa shape index (κ2) is 8.24. The van der Waals surface area contributed by atoms with Crippen molar-refractivity contribution in [3.63, 3.8) is 0 Å². The molecule has 1 aliphatic heterocycles. The molecule has 1 atom stereocenters. The number of rotatable bonds is 7. The van der Waals surface area contributed by atoms with Crippen LogP contribution >= 0.6 is 0 Å². The van der Waals surface area contributed by atoms with Crippen LogP contribution in [0.15, 0.2) is 60.8 Å². The molecule has 0 aliphatic carbocycles. The Morgan fingerprint density at radius 1 is 1.17 bits per heavy atom. The predicted molar refractivity (Wildman–Crippen MR) is 104 cm³/mol. The summed E-state index contributed by atoms with van der Waals surface area (Å²) >= 11 is 0. The van der Waals surface area contributed by atoms with E-state index >= 15 is 0 Å². The number of aryl methyl sites for hydroxylation is 1. The second-order valence-electron chi connectivity index (χ2n) is 6.77. The minimum Gasteiger partial charge on any atom is -0.440 e. The first-order valence-electron chi connectivity index (χ1n) is 9.25. The van der Waals surface area contributed by atoms with Gasteiger partial charge in [0.25, 0.3) is 0 Å². The molecule has 1 aromatic heterocycles. The Kier molecular flexibility index (Phi) is 5.35. The molecule has 0 fully saturated rings. The Balaban J connectivity index is 1.29. The highest BCUT2D eigenvalue weighted by Gasteiger charge is 2.28.